The van der Waals surface area contributed by atoms with E-state index in [0.717, 1.165) is 0 Å². The normalized spacial score (nSPS) is 12.3. The van der Waals surface area contributed by atoms with Gasteiger partial charge in [-0.05, 0) is 36.5 Å². The largest absolute Gasteiger partial charge is 0.478 e. The van der Waals surface area contributed by atoms with Gasteiger partial charge in [0, 0.05) is 0 Å². The van der Waals surface area contributed by atoms with Crippen LogP contribution in [0.5, 0.6) is 0 Å². The van der Waals surface area contributed by atoms with Gasteiger partial charge in [0.25, 0.3) is 0 Å². The van der Waals surface area contributed by atoms with E-state index in [1.54, 1.807) is 12.1 Å². The molecular formula is C21H34O2. The summed E-state index contributed by atoms with van der Waals surface area (Å²) in [6, 6.07) is 7.56. The second-order valence-electron chi connectivity index (χ2n) is 6.68. The van der Waals surface area contributed by atoms with Crippen LogP contribution in [0, 0.1) is 0 Å². The van der Waals surface area contributed by atoms with Crippen molar-refractivity contribution in [1.82, 2.24) is 0 Å². The number of carboxylic acid groups (broad SMARTS) is 1. The van der Waals surface area contributed by atoms with Crippen LogP contribution in [0.4, 0.5) is 0 Å². The lowest BCUT2D eigenvalue weighted by Crippen LogP contribution is -2.02. The SMILES string of the molecule is CCCCCCCCC(CCCCC)c1ccc(C(=O)O)cc1. The Morgan fingerprint density at radius 2 is 1.30 bits per heavy atom. The van der Waals surface area contributed by atoms with Crippen molar-refractivity contribution >= 4 is 5.97 Å². The van der Waals surface area contributed by atoms with E-state index in [2.05, 4.69) is 13.8 Å². The van der Waals surface area contributed by atoms with Crippen molar-refractivity contribution in [2.45, 2.75) is 90.4 Å². The fourth-order valence-corrected chi connectivity index (χ4v) is 3.19. The van der Waals surface area contributed by atoms with Crippen molar-refractivity contribution in [3.63, 3.8) is 0 Å². The zero-order valence-corrected chi connectivity index (χ0v) is 15.0. The Hall–Kier alpha value is -1.31. The summed E-state index contributed by atoms with van der Waals surface area (Å²) in [5.74, 6) is -0.245. The van der Waals surface area contributed by atoms with E-state index in [9.17, 15) is 4.79 Å². The van der Waals surface area contributed by atoms with Crippen LogP contribution < -0.4 is 0 Å². The molecule has 0 heterocycles. The van der Waals surface area contributed by atoms with Crippen LogP contribution >= 0.6 is 0 Å². The van der Waals surface area contributed by atoms with Crippen molar-refractivity contribution in [3.05, 3.63) is 35.4 Å². The number of carboxylic acids is 1. The molecule has 0 aromatic heterocycles. The third-order valence-electron chi connectivity index (χ3n) is 4.69. The molecule has 0 fully saturated rings. The highest BCUT2D eigenvalue weighted by atomic mass is 16.4. The highest BCUT2D eigenvalue weighted by Crippen LogP contribution is 2.28. The summed E-state index contributed by atoms with van der Waals surface area (Å²) in [4.78, 5) is 11.0. The third kappa shape index (κ3) is 8.20. The standard InChI is InChI=1S/C21H34O2/c1-3-5-7-8-9-11-13-18(12-10-6-4-2)19-14-16-20(17-15-19)21(22)23/h14-18H,3-13H2,1-2H3,(H,22,23). The van der Waals surface area contributed by atoms with E-state index in [4.69, 9.17) is 5.11 Å². The van der Waals surface area contributed by atoms with E-state index < -0.39 is 5.97 Å². The highest BCUT2D eigenvalue weighted by Gasteiger charge is 2.12. The van der Waals surface area contributed by atoms with Crippen molar-refractivity contribution in [2.24, 2.45) is 0 Å². The molecular weight excluding hydrogens is 284 g/mol. The number of hydrogen-bond acceptors (Lipinski definition) is 1. The number of rotatable bonds is 13. The number of carbonyl (C=O) groups is 1. The van der Waals surface area contributed by atoms with E-state index in [-0.39, 0.29) is 0 Å². The van der Waals surface area contributed by atoms with Crippen LogP contribution in [0.2, 0.25) is 0 Å². The minimum atomic E-state index is -0.838. The zero-order chi connectivity index (χ0) is 16.9. The van der Waals surface area contributed by atoms with Crippen LogP contribution in [-0.2, 0) is 0 Å². The molecule has 0 saturated heterocycles. The molecule has 1 rings (SSSR count). The van der Waals surface area contributed by atoms with Gasteiger partial charge in [0.15, 0.2) is 0 Å². The predicted octanol–water partition coefficient (Wildman–Crippen LogP) is 6.80. The molecule has 130 valence electrons. The van der Waals surface area contributed by atoms with Gasteiger partial charge in [0.1, 0.15) is 0 Å². The number of hydrogen-bond donors (Lipinski definition) is 1. The first-order valence-corrected chi connectivity index (χ1v) is 9.52. The summed E-state index contributed by atoms with van der Waals surface area (Å²) in [6.07, 6.45) is 14.3. The Morgan fingerprint density at radius 1 is 0.826 bits per heavy atom. The first kappa shape index (κ1) is 19.7. The second-order valence-corrected chi connectivity index (χ2v) is 6.68. The maximum Gasteiger partial charge on any atom is 0.335 e. The van der Waals surface area contributed by atoms with Gasteiger partial charge in [-0.1, -0.05) is 83.8 Å². The fourth-order valence-electron chi connectivity index (χ4n) is 3.19. The maximum atomic E-state index is 11.0. The lowest BCUT2D eigenvalue weighted by Gasteiger charge is -2.17. The Bertz CT molecular complexity index is 422. The zero-order valence-electron chi connectivity index (χ0n) is 15.0. The van der Waals surface area contributed by atoms with Crippen molar-refractivity contribution in [3.8, 4) is 0 Å². The Labute approximate surface area is 142 Å². The summed E-state index contributed by atoms with van der Waals surface area (Å²) in [5, 5.41) is 9.03. The summed E-state index contributed by atoms with van der Waals surface area (Å²) in [6.45, 7) is 4.49. The van der Waals surface area contributed by atoms with Gasteiger partial charge in [-0.25, -0.2) is 4.79 Å². The van der Waals surface area contributed by atoms with Crippen molar-refractivity contribution in [2.75, 3.05) is 0 Å². The molecule has 0 aliphatic heterocycles. The van der Waals surface area contributed by atoms with Gasteiger partial charge in [-0.3, -0.25) is 0 Å². The summed E-state index contributed by atoms with van der Waals surface area (Å²) in [7, 11) is 0. The number of aromatic carboxylic acids is 1. The minimum absolute atomic E-state index is 0.389. The van der Waals surface area contributed by atoms with Gasteiger partial charge in [0.05, 0.1) is 5.56 Å². The molecule has 0 bridgehead atoms. The number of unbranched alkanes of at least 4 members (excludes halogenated alkanes) is 7. The molecule has 2 heteroatoms. The van der Waals surface area contributed by atoms with E-state index in [0.29, 0.717) is 11.5 Å². The lowest BCUT2D eigenvalue weighted by molar-refractivity contribution is 0.0697. The van der Waals surface area contributed by atoms with Crippen LogP contribution in [0.1, 0.15) is 106 Å². The average Bonchev–Trinajstić information content (AvgIpc) is 2.56. The third-order valence-corrected chi connectivity index (χ3v) is 4.69. The topological polar surface area (TPSA) is 37.3 Å². The molecule has 0 aliphatic carbocycles. The lowest BCUT2D eigenvalue weighted by atomic mass is 9.88. The Morgan fingerprint density at radius 3 is 1.87 bits per heavy atom. The van der Waals surface area contributed by atoms with Crippen LogP contribution in [0.15, 0.2) is 24.3 Å². The molecule has 1 atom stereocenters. The average molecular weight is 319 g/mol. The molecule has 0 amide bonds. The summed E-state index contributed by atoms with van der Waals surface area (Å²) in [5.41, 5.74) is 1.71. The molecule has 0 spiro atoms. The van der Waals surface area contributed by atoms with E-state index >= 15 is 0 Å². The van der Waals surface area contributed by atoms with Gasteiger partial charge < -0.3 is 5.11 Å². The summed E-state index contributed by atoms with van der Waals surface area (Å²) < 4.78 is 0. The molecule has 1 unspecified atom stereocenters. The molecule has 23 heavy (non-hydrogen) atoms. The van der Waals surface area contributed by atoms with Crippen LogP contribution in [0.3, 0.4) is 0 Å². The summed E-state index contributed by atoms with van der Waals surface area (Å²) >= 11 is 0. The van der Waals surface area contributed by atoms with Crippen molar-refractivity contribution < 1.29 is 9.90 Å². The second kappa shape index (κ2) is 12.2. The van der Waals surface area contributed by atoms with E-state index in [1.807, 2.05) is 12.1 Å². The van der Waals surface area contributed by atoms with Crippen LogP contribution in [-0.4, -0.2) is 11.1 Å². The quantitative estimate of drug-likeness (QED) is 0.406. The Kier molecular flexibility index (Phi) is 10.4. The Balaban J connectivity index is 2.51. The van der Waals surface area contributed by atoms with Gasteiger partial charge >= 0.3 is 5.97 Å². The first-order chi connectivity index (χ1) is 11.2. The first-order valence-electron chi connectivity index (χ1n) is 9.52. The molecule has 1 N–H and O–H groups in total. The monoisotopic (exact) mass is 318 g/mol. The predicted molar refractivity (Wildman–Crippen MR) is 98.3 cm³/mol. The smallest absolute Gasteiger partial charge is 0.335 e. The highest BCUT2D eigenvalue weighted by molar-refractivity contribution is 5.87. The maximum absolute atomic E-state index is 11.0. The number of benzene rings is 1. The van der Waals surface area contributed by atoms with Crippen LogP contribution in [0.25, 0.3) is 0 Å². The molecule has 0 radical (unpaired) electrons. The van der Waals surface area contributed by atoms with Gasteiger partial charge in [0.2, 0.25) is 0 Å². The molecule has 0 saturated carbocycles. The molecule has 2 nitrogen and oxygen atoms in total. The molecule has 1 aromatic carbocycles. The minimum Gasteiger partial charge on any atom is -0.478 e. The molecule has 0 aliphatic rings. The molecule has 1 aromatic rings. The van der Waals surface area contributed by atoms with Crippen molar-refractivity contribution in [1.29, 1.82) is 0 Å². The van der Waals surface area contributed by atoms with Gasteiger partial charge in [-0.2, -0.15) is 0 Å². The van der Waals surface area contributed by atoms with E-state index in [1.165, 1.54) is 76.2 Å². The fraction of sp³-hybridized carbons (Fsp3) is 0.667. The van der Waals surface area contributed by atoms with Gasteiger partial charge in [-0.15, -0.1) is 0 Å².